The Hall–Kier alpha value is -3.60. The summed E-state index contributed by atoms with van der Waals surface area (Å²) in [7, 11) is 0. The van der Waals surface area contributed by atoms with E-state index in [0.717, 1.165) is 49.2 Å². The van der Waals surface area contributed by atoms with E-state index in [2.05, 4.69) is 45.7 Å². The third-order valence-corrected chi connectivity index (χ3v) is 5.74. The van der Waals surface area contributed by atoms with E-state index >= 15 is 0 Å². The minimum atomic E-state index is 0.00919. The number of carbonyl (C=O) groups is 1. The van der Waals surface area contributed by atoms with Gasteiger partial charge in [0, 0.05) is 48.3 Å². The molecule has 2 aromatic heterocycles. The molecule has 5 heteroatoms. The molecule has 0 saturated heterocycles. The number of fused-ring (bicyclic) bond motifs is 2. The Labute approximate surface area is 175 Å². The Morgan fingerprint density at radius 3 is 2.93 bits per heavy atom. The molecule has 5 rings (SSSR count). The first-order valence-electron chi connectivity index (χ1n) is 10.4. The summed E-state index contributed by atoms with van der Waals surface area (Å²) in [6, 6.07) is 18.4. The van der Waals surface area contributed by atoms with E-state index < -0.39 is 0 Å². The standard InChI is InChI=1S/C25H24N4O/c30-25(29-13-5-7-18-6-1-4-10-24(18)29)20-14-21(17-26-15-20)27-12-11-19-16-28-23-9-3-2-8-22(19)23/h1-4,6,8-10,14-17,27-28H,5,7,11-13H2. The molecule has 0 radical (unpaired) electrons. The summed E-state index contributed by atoms with van der Waals surface area (Å²) in [4.78, 5) is 22.7. The molecule has 4 aromatic rings. The second-order valence-electron chi connectivity index (χ2n) is 7.69. The van der Waals surface area contributed by atoms with E-state index in [9.17, 15) is 4.79 Å². The number of aromatic nitrogens is 2. The summed E-state index contributed by atoms with van der Waals surface area (Å²) in [5, 5.41) is 4.67. The topological polar surface area (TPSA) is 61.0 Å². The van der Waals surface area contributed by atoms with Crippen LogP contribution in [0, 0.1) is 0 Å². The van der Waals surface area contributed by atoms with E-state index in [1.807, 2.05) is 35.2 Å². The lowest BCUT2D eigenvalue weighted by atomic mass is 10.0. The van der Waals surface area contributed by atoms with E-state index in [1.54, 1.807) is 12.4 Å². The molecule has 3 heterocycles. The minimum absolute atomic E-state index is 0.00919. The average molecular weight is 396 g/mol. The molecule has 0 fully saturated rings. The smallest absolute Gasteiger partial charge is 0.259 e. The van der Waals surface area contributed by atoms with Crippen molar-refractivity contribution < 1.29 is 4.79 Å². The van der Waals surface area contributed by atoms with Crippen LogP contribution in [0.4, 0.5) is 11.4 Å². The molecule has 0 bridgehead atoms. The summed E-state index contributed by atoms with van der Waals surface area (Å²) in [5.41, 5.74) is 6.17. The predicted octanol–water partition coefficient (Wildman–Crippen LogP) is 4.81. The quantitative estimate of drug-likeness (QED) is 0.509. The molecule has 5 nitrogen and oxygen atoms in total. The van der Waals surface area contributed by atoms with E-state index in [-0.39, 0.29) is 5.91 Å². The first-order valence-corrected chi connectivity index (χ1v) is 10.4. The number of hydrogen-bond donors (Lipinski definition) is 2. The van der Waals surface area contributed by atoms with Crippen LogP contribution in [0.2, 0.25) is 0 Å². The number of aromatic amines is 1. The number of anilines is 2. The van der Waals surface area contributed by atoms with Crippen LogP contribution in [0.25, 0.3) is 10.9 Å². The summed E-state index contributed by atoms with van der Waals surface area (Å²) in [5.74, 6) is 0.00919. The molecular weight excluding hydrogens is 372 g/mol. The molecule has 2 N–H and O–H groups in total. The first-order chi connectivity index (χ1) is 14.8. The van der Waals surface area contributed by atoms with Crippen LogP contribution in [-0.4, -0.2) is 29.0 Å². The van der Waals surface area contributed by atoms with Crippen molar-refractivity contribution in [1.29, 1.82) is 0 Å². The van der Waals surface area contributed by atoms with Crippen LogP contribution in [0.3, 0.4) is 0 Å². The highest BCUT2D eigenvalue weighted by Crippen LogP contribution is 2.28. The molecular formula is C25H24N4O. The van der Waals surface area contributed by atoms with Gasteiger partial charge in [0.2, 0.25) is 0 Å². The number of benzene rings is 2. The highest BCUT2D eigenvalue weighted by molar-refractivity contribution is 6.07. The third kappa shape index (κ3) is 3.54. The van der Waals surface area contributed by atoms with Gasteiger partial charge in [0.25, 0.3) is 5.91 Å². The van der Waals surface area contributed by atoms with Crippen molar-refractivity contribution >= 4 is 28.2 Å². The summed E-state index contributed by atoms with van der Waals surface area (Å²) >= 11 is 0. The SMILES string of the molecule is O=C(c1cncc(NCCc2c[nH]c3ccccc23)c1)N1CCCc2ccccc21. The fourth-order valence-corrected chi connectivity index (χ4v) is 4.23. The number of nitrogens with zero attached hydrogens (tertiary/aromatic N) is 2. The highest BCUT2D eigenvalue weighted by atomic mass is 16.2. The van der Waals surface area contributed by atoms with Gasteiger partial charge in [-0.25, -0.2) is 0 Å². The van der Waals surface area contributed by atoms with Crippen molar-refractivity contribution in [2.45, 2.75) is 19.3 Å². The van der Waals surface area contributed by atoms with Crippen LogP contribution in [-0.2, 0) is 12.8 Å². The second kappa shape index (κ2) is 8.03. The molecule has 150 valence electrons. The Morgan fingerprint density at radius 1 is 1.10 bits per heavy atom. The molecule has 30 heavy (non-hydrogen) atoms. The van der Waals surface area contributed by atoms with Gasteiger partial charge in [-0.3, -0.25) is 9.78 Å². The van der Waals surface area contributed by atoms with Crippen LogP contribution < -0.4 is 10.2 Å². The van der Waals surface area contributed by atoms with Gasteiger partial charge in [0.05, 0.1) is 11.3 Å². The number of amides is 1. The van der Waals surface area contributed by atoms with E-state index in [0.29, 0.717) is 5.56 Å². The normalized spacial score (nSPS) is 13.3. The number of rotatable bonds is 5. The van der Waals surface area contributed by atoms with Crippen molar-refractivity contribution in [1.82, 2.24) is 9.97 Å². The lowest BCUT2D eigenvalue weighted by molar-refractivity contribution is 0.0985. The number of nitrogens with one attached hydrogen (secondary N) is 2. The maximum atomic E-state index is 13.2. The highest BCUT2D eigenvalue weighted by Gasteiger charge is 2.23. The predicted molar refractivity (Wildman–Crippen MR) is 121 cm³/mol. The molecule has 0 aliphatic carbocycles. The monoisotopic (exact) mass is 396 g/mol. The van der Waals surface area contributed by atoms with Crippen molar-refractivity contribution in [3.63, 3.8) is 0 Å². The maximum absolute atomic E-state index is 13.2. The summed E-state index contributed by atoms with van der Waals surface area (Å²) < 4.78 is 0. The fraction of sp³-hybridized carbons (Fsp3) is 0.200. The lowest BCUT2D eigenvalue weighted by Crippen LogP contribution is -2.35. The molecule has 1 amide bonds. The zero-order valence-electron chi connectivity index (χ0n) is 16.8. The van der Waals surface area contributed by atoms with Gasteiger partial charge in [0.15, 0.2) is 0 Å². The van der Waals surface area contributed by atoms with Crippen LogP contribution >= 0.6 is 0 Å². The first kappa shape index (κ1) is 18.4. The van der Waals surface area contributed by atoms with Gasteiger partial charge < -0.3 is 15.2 Å². The number of H-pyrrole nitrogens is 1. The van der Waals surface area contributed by atoms with E-state index in [1.165, 1.54) is 16.5 Å². The molecule has 0 saturated carbocycles. The maximum Gasteiger partial charge on any atom is 0.259 e. The Kier molecular flexibility index (Phi) is 4.93. The van der Waals surface area contributed by atoms with Crippen molar-refractivity contribution in [2.24, 2.45) is 0 Å². The zero-order chi connectivity index (χ0) is 20.3. The Morgan fingerprint density at radius 2 is 1.97 bits per heavy atom. The largest absolute Gasteiger partial charge is 0.383 e. The Balaban J connectivity index is 1.28. The van der Waals surface area contributed by atoms with E-state index in [4.69, 9.17) is 0 Å². The van der Waals surface area contributed by atoms with Gasteiger partial charge in [0.1, 0.15) is 0 Å². The van der Waals surface area contributed by atoms with Gasteiger partial charge in [-0.15, -0.1) is 0 Å². The zero-order valence-corrected chi connectivity index (χ0v) is 16.8. The van der Waals surface area contributed by atoms with Crippen LogP contribution in [0.5, 0.6) is 0 Å². The molecule has 0 unspecified atom stereocenters. The summed E-state index contributed by atoms with van der Waals surface area (Å²) in [6.45, 7) is 1.52. The van der Waals surface area contributed by atoms with Crippen molar-refractivity contribution in [3.05, 3.63) is 89.9 Å². The number of aryl methyl sites for hydroxylation is 1. The lowest BCUT2D eigenvalue weighted by Gasteiger charge is -2.29. The molecule has 2 aromatic carbocycles. The number of carbonyl (C=O) groups excluding carboxylic acids is 1. The average Bonchev–Trinajstić information content (AvgIpc) is 3.22. The number of pyridine rings is 1. The van der Waals surface area contributed by atoms with Gasteiger partial charge in [-0.1, -0.05) is 36.4 Å². The van der Waals surface area contributed by atoms with Crippen molar-refractivity contribution in [2.75, 3.05) is 23.3 Å². The van der Waals surface area contributed by atoms with Crippen LogP contribution in [0.15, 0.2) is 73.2 Å². The minimum Gasteiger partial charge on any atom is -0.383 e. The Bertz CT molecular complexity index is 1200. The van der Waals surface area contributed by atoms with Crippen molar-refractivity contribution in [3.8, 4) is 0 Å². The second-order valence-corrected chi connectivity index (χ2v) is 7.69. The fourth-order valence-electron chi connectivity index (χ4n) is 4.23. The number of hydrogen-bond acceptors (Lipinski definition) is 3. The van der Waals surface area contributed by atoms with Crippen LogP contribution in [0.1, 0.15) is 27.9 Å². The van der Waals surface area contributed by atoms with Gasteiger partial charge >= 0.3 is 0 Å². The number of para-hydroxylation sites is 2. The molecule has 0 spiro atoms. The molecule has 1 aliphatic heterocycles. The third-order valence-electron chi connectivity index (χ3n) is 5.74. The van der Waals surface area contributed by atoms with Gasteiger partial charge in [-0.05, 0) is 48.6 Å². The summed E-state index contributed by atoms with van der Waals surface area (Å²) in [6.07, 6.45) is 8.40. The molecule has 1 aliphatic rings. The van der Waals surface area contributed by atoms with Gasteiger partial charge in [-0.2, -0.15) is 0 Å². The molecule has 0 atom stereocenters.